The highest BCUT2D eigenvalue weighted by Gasteiger charge is 2.12. The molecule has 0 aliphatic heterocycles. The molecule has 1 aromatic carbocycles. The summed E-state index contributed by atoms with van der Waals surface area (Å²) in [6, 6.07) is 9.94. The van der Waals surface area contributed by atoms with Crippen molar-refractivity contribution in [3.8, 4) is 0 Å². The second-order valence-corrected chi connectivity index (χ2v) is 4.15. The van der Waals surface area contributed by atoms with Gasteiger partial charge in [-0.1, -0.05) is 32.0 Å². The molecule has 15 heavy (non-hydrogen) atoms. The summed E-state index contributed by atoms with van der Waals surface area (Å²) in [6.07, 6.45) is 1.33. The summed E-state index contributed by atoms with van der Waals surface area (Å²) in [7, 11) is 0. The molecule has 0 saturated heterocycles. The maximum Gasteiger partial charge on any atom is 0.0827 e. The lowest BCUT2D eigenvalue weighted by atomic mass is 9.99. The Balaban J connectivity index is 2.47. The van der Waals surface area contributed by atoms with Gasteiger partial charge in [0, 0.05) is 11.6 Å². The minimum absolute atomic E-state index is 0.216. The molecule has 2 aromatic rings. The summed E-state index contributed by atoms with van der Waals surface area (Å²) < 4.78 is 0. The van der Waals surface area contributed by atoms with Gasteiger partial charge < -0.3 is 5.11 Å². The van der Waals surface area contributed by atoms with Gasteiger partial charge in [0.1, 0.15) is 0 Å². The highest BCUT2D eigenvalue weighted by molar-refractivity contribution is 5.78. The first-order valence-electron chi connectivity index (χ1n) is 5.21. The zero-order valence-electron chi connectivity index (χ0n) is 9.01. The zero-order chi connectivity index (χ0) is 10.8. The van der Waals surface area contributed by atoms with Crippen molar-refractivity contribution in [2.45, 2.75) is 20.0 Å². The van der Waals surface area contributed by atoms with Gasteiger partial charge in [0.15, 0.2) is 0 Å². The van der Waals surface area contributed by atoms with Crippen molar-refractivity contribution in [3.63, 3.8) is 0 Å². The number of aromatic nitrogens is 1. The molecule has 1 heterocycles. The second-order valence-electron chi connectivity index (χ2n) is 4.15. The third kappa shape index (κ3) is 2.00. The fourth-order valence-corrected chi connectivity index (χ4v) is 1.63. The Kier molecular flexibility index (Phi) is 2.69. The van der Waals surface area contributed by atoms with E-state index in [-0.39, 0.29) is 5.92 Å². The Hall–Kier alpha value is -1.41. The van der Waals surface area contributed by atoms with Gasteiger partial charge in [-0.25, -0.2) is 0 Å². The number of fused-ring (bicyclic) bond motifs is 1. The van der Waals surface area contributed by atoms with E-state index in [1.54, 1.807) is 6.20 Å². The second kappa shape index (κ2) is 3.99. The number of hydrogen-bond acceptors (Lipinski definition) is 2. The highest BCUT2D eigenvalue weighted by atomic mass is 16.3. The molecule has 2 nitrogen and oxygen atoms in total. The van der Waals surface area contributed by atoms with E-state index in [9.17, 15) is 5.11 Å². The average Bonchev–Trinajstić information content (AvgIpc) is 2.27. The van der Waals surface area contributed by atoms with Crippen molar-refractivity contribution < 1.29 is 5.11 Å². The topological polar surface area (TPSA) is 33.1 Å². The fraction of sp³-hybridized carbons (Fsp3) is 0.308. The summed E-state index contributed by atoms with van der Waals surface area (Å²) >= 11 is 0. The van der Waals surface area contributed by atoms with Gasteiger partial charge in [0.05, 0.1) is 11.6 Å². The first kappa shape index (κ1) is 10.1. The maximum atomic E-state index is 9.92. The Morgan fingerprint density at radius 3 is 2.67 bits per heavy atom. The van der Waals surface area contributed by atoms with E-state index in [0.717, 1.165) is 16.5 Å². The van der Waals surface area contributed by atoms with Crippen LogP contribution in [0.15, 0.2) is 36.5 Å². The third-order valence-electron chi connectivity index (χ3n) is 2.58. The van der Waals surface area contributed by atoms with E-state index in [4.69, 9.17) is 0 Å². The van der Waals surface area contributed by atoms with Gasteiger partial charge in [0.25, 0.3) is 0 Å². The highest BCUT2D eigenvalue weighted by Crippen LogP contribution is 2.23. The van der Waals surface area contributed by atoms with Crippen molar-refractivity contribution in [1.29, 1.82) is 0 Å². The van der Waals surface area contributed by atoms with E-state index in [2.05, 4.69) is 4.98 Å². The van der Waals surface area contributed by atoms with E-state index < -0.39 is 6.10 Å². The summed E-state index contributed by atoms with van der Waals surface area (Å²) in [5.74, 6) is 0.216. The summed E-state index contributed by atoms with van der Waals surface area (Å²) in [6.45, 7) is 4.00. The lowest BCUT2D eigenvalue weighted by Crippen LogP contribution is -2.05. The predicted molar refractivity (Wildman–Crippen MR) is 61.5 cm³/mol. The molecular formula is C13H15NO. The number of hydrogen-bond donors (Lipinski definition) is 1. The van der Waals surface area contributed by atoms with E-state index in [0.29, 0.717) is 0 Å². The van der Waals surface area contributed by atoms with Crippen LogP contribution in [0.3, 0.4) is 0 Å². The molecule has 2 heteroatoms. The molecule has 0 unspecified atom stereocenters. The molecule has 0 aliphatic rings. The molecule has 0 amide bonds. The Labute approximate surface area is 89.6 Å². The zero-order valence-corrected chi connectivity index (χ0v) is 9.01. The molecule has 0 bridgehead atoms. The van der Waals surface area contributed by atoms with Crippen LogP contribution in [0.25, 0.3) is 10.9 Å². The Bertz CT molecular complexity index is 465. The molecule has 1 atom stereocenters. The molecule has 0 fully saturated rings. The molecule has 2 rings (SSSR count). The minimum Gasteiger partial charge on any atom is -0.388 e. The van der Waals surface area contributed by atoms with Crippen LogP contribution in [-0.2, 0) is 0 Å². The maximum absolute atomic E-state index is 9.92. The summed E-state index contributed by atoms with van der Waals surface area (Å²) in [5, 5.41) is 11.0. The quantitative estimate of drug-likeness (QED) is 0.810. The van der Waals surface area contributed by atoms with Crippen molar-refractivity contribution in [2.75, 3.05) is 0 Å². The lowest BCUT2D eigenvalue weighted by molar-refractivity contribution is 0.126. The van der Waals surface area contributed by atoms with Crippen LogP contribution in [0.1, 0.15) is 25.5 Å². The molecule has 0 radical (unpaired) electrons. The van der Waals surface area contributed by atoms with Gasteiger partial charge >= 0.3 is 0 Å². The Morgan fingerprint density at radius 1 is 1.20 bits per heavy atom. The molecule has 1 N–H and O–H groups in total. The summed E-state index contributed by atoms with van der Waals surface area (Å²) in [4.78, 5) is 4.32. The monoisotopic (exact) mass is 201 g/mol. The number of benzene rings is 1. The molecule has 78 valence electrons. The Morgan fingerprint density at radius 2 is 1.93 bits per heavy atom. The van der Waals surface area contributed by atoms with E-state index >= 15 is 0 Å². The normalized spacial score (nSPS) is 13.3. The minimum atomic E-state index is -0.429. The van der Waals surface area contributed by atoms with Crippen LogP contribution >= 0.6 is 0 Å². The van der Waals surface area contributed by atoms with Crippen molar-refractivity contribution >= 4 is 10.9 Å². The smallest absolute Gasteiger partial charge is 0.0827 e. The average molecular weight is 201 g/mol. The van der Waals surface area contributed by atoms with Crippen LogP contribution in [0, 0.1) is 5.92 Å². The molecule has 0 aliphatic carbocycles. The third-order valence-corrected chi connectivity index (χ3v) is 2.58. The first-order valence-corrected chi connectivity index (χ1v) is 5.21. The number of pyridine rings is 1. The molecule has 1 aromatic heterocycles. The fourth-order valence-electron chi connectivity index (χ4n) is 1.63. The van der Waals surface area contributed by atoms with Crippen LogP contribution < -0.4 is 0 Å². The van der Waals surface area contributed by atoms with Gasteiger partial charge in [0.2, 0.25) is 0 Å². The van der Waals surface area contributed by atoms with Gasteiger partial charge in [-0.2, -0.15) is 0 Å². The van der Waals surface area contributed by atoms with Crippen LogP contribution in [-0.4, -0.2) is 10.1 Å². The van der Waals surface area contributed by atoms with E-state index in [1.165, 1.54) is 0 Å². The van der Waals surface area contributed by atoms with Crippen molar-refractivity contribution in [3.05, 3.63) is 42.1 Å². The number of rotatable bonds is 2. The first-order chi connectivity index (χ1) is 7.18. The number of aliphatic hydroxyl groups excluding tert-OH is 1. The van der Waals surface area contributed by atoms with Crippen molar-refractivity contribution in [2.24, 2.45) is 5.92 Å². The standard InChI is InChI=1S/C13H15NO/c1-9(2)13(15)11-7-10-5-3-4-6-12(10)14-8-11/h3-9,13,15H,1-2H3/t13-/m1/s1. The van der Waals surface area contributed by atoms with Crippen LogP contribution in [0.2, 0.25) is 0 Å². The van der Waals surface area contributed by atoms with E-state index in [1.807, 2.05) is 44.2 Å². The van der Waals surface area contributed by atoms with Crippen LogP contribution in [0.4, 0.5) is 0 Å². The van der Waals surface area contributed by atoms with Gasteiger partial charge in [-0.15, -0.1) is 0 Å². The molecular weight excluding hydrogens is 186 g/mol. The summed E-state index contributed by atoms with van der Waals surface area (Å²) in [5.41, 5.74) is 1.86. The number of nitrogens with zero attached hydrogens (tertiary/aromatic N) is 1. The molecule has 0 saturated carbocycles. The number of para-hydroxylation sites is 1. The van der Waals surface area contributed by atoms with Gasteiger partial charge in [-0.3, -0.25) is 4.98 Å². The predicted octanol–water partition coefficient (Wildman–Crippen LogP) is 2.92. The van der Waals surface area contributed by atoms with Crippen LogP contribution in [0.5, 0.6) is 0 Å². The largest absolute Gasteiger partial charge is 0.388 e. The van der Waals surface area contributed by atoms with Gasteiger partial charge in [-0.05, 0) is 23.6 Å². The molecule has 0 spiro atoms. The van der Waals surface area contributed by atoms with Crippen molar-refractivity contribution in [1.82, 2.24) is 4.98 Å². The number of aliphatic hydroxyl groups is 1. The lowest BCUT2D eigenvalue weighted by Gasteiger charge is -2.14. The SMILES string of the molecule is CC(C)[C@@H](O)c1cnc2ccccc2c1.